The number of rotatable bonds is 5. The number of nitrogens with one attached hydrogen (secondary N) is 1. The lowest BCUT2D eigenvalue weighted by atomic mass is 10.0. The third-order valence-electron chi connectivity index (χ3n) is 5.75. The van der Waals surface area contributed by atoms with E-state index in [1.54, 1.807) is 17.9 Å². The zero-order valence-electron chi connectivity index (χ0n) is 17.8. The molecule has 0 spiro atoms. The van der Waals surface area contributed by atoms with Crippen LogP contribution in [0.1, 0.15) is 34.3 Å². The molecule has 2 aromatic carbocycles. The molecule has 0 aliphatic carbocycles. The summed E-state index contributed by atoms with van der Waals surface area (Å²) >= 11 is 0. The molecule has 162 valence electrons. The second-order valence-electron chi connectivity index (χ2n) is 8.09. The van der Waals surface area contributed by atoms with E-state index in [9.17, 15) is 13.2 Å². The van der Waals surface area contributed by atoms with Gasteiger partial charge in [0.15, 0.2) is 0 Å². The molecular weight excluding hydrogens is 410 g/mol. The predicted octanol–water partition coefficient (Wildman–Crippen LogP) is 3.68. The van der Waals surface area contributed by atoms with Crippen molar-refractivity contribution in [1.29, 1.82) is 0 Å². The van der Waals surface area contributed by atoms with Gasteiger partial charge in [0.05, 0.1) is 4.90 Å². The minimum Gasteiger partial charge on any atom is -0.339 e. The smallest absolute Gasteiger partial charge is 0.253 e. The number of likely N-dealkylation sites (tertiary alicyclic amines) is 1. The zero-order valence-corrected chi connectivity index (χ0v) is 18.6. The summed E-state index contributed by atoms with van der Waals surface area (Å²) in [6.45, 7) is 4.74. The van der Waals surface area contributed by atoms with Crippen LogP contribution in [0, 0.1) is 13.8 Å². The number of carbonyl (C=O) groups excluding carboxylic acids is 1. The van der Waals surface area contributed by atoms with Gasteiger partial charge in [0.25, 0.3) is 5.91 Å². The molecule has 2 heterocycles. The van der Waals surface area contributed by atoms with Crippen LogP contribution >= 0.6 is 0 Å². The Bertz CT molecular complexity index is 1160. The number of carbonyl (C=O) groups is 1. The van der Waals surface area contributed by atoms with Crippen LogP contribution in [0.4, 0.5) is 0 Å². The van der Waals surface area contributed by atoms with E-state index in [1.807, 2.05) is 72.4 Å². The molecule has 3 aromatic rings. The highest BCUT2D eigenvalue weighted by Crippen LogP contribution is 2.20. The Morgan fingerprint density at radius 3 is 2.26 bits per heavy atom. The second kappa shape index (κ2) is 8.69. The van der Waals surface area contributed by atoms with E-state index in [0.717, 1.165) is 16.8 Å². The van der Waals surface area contributed by atoms with Gasteiger partial charge < -0.3 is 9.47 Å². The van der Waals surface area contributed by atoms with Crippen molar-refractivity contribution >= 4 is 15.9 Å². The van der Waals surface area contributed by atoms with Crippen molar-refractivity contribution in [2.24, 2.45) is 0 Å². The number of amides is 1. The Morgan fingerprint density at radius 1 is 0.968 bits per heavy atom. The molecule has 0 atom stereocenters. The van der Waals surface area contributed by atoms with Crippen molar-refractivity contribution in [3.05, 3.63) is 83.7 Å². The van der Waals surface area contributed by atoms with E-state index < -0.39 is 10.0 Å². The van der Waals surface area contributed by atoms with Crippen LogP contribution in [0.25, 0.3) is 5.69 Å². The van der Waals surface area contributed by atoms with Crippen molar-refractivity contribution in [3.8, 4) is 5.69 Å². The van der Waals surface area contributed by atoms with Crippen LogP contribution in [-0.4, -0.2) is 42.9 Å². The Kier molecular flexibility index (Phi) is 5.98. The fraction of sp³-hybridized carbons (Fsp3) is 0.292. The SMILES string of the molecule is Cc1ccc(C)c(S(=O)(=O)NC2CCN(C(=O)c3ccc(-n4cccc4)cc3)CC2)c1. The van der Waals surface area contributed by atoms with Crippen molar-refractivity contribution in [3.63, 3.8) is 0 Å². The summed E-state index contributed by atoms with van der Waals surface area (Å²) in [7, 11) is -3.59. The van der Waals surface area contributed by atoms with Crippen LogP contribution in [0.5, 0.6) is 0 Å². The Morgan fingerprint density at radius 2 is 1.61 bits per heavy atom. The number of piperidine rings is 1. The van der Waals surface area contributed by atoms with Crippen molar-refractivity contribution in [2.45, 2.75) is 37.6 Å². The van der Waals surface area contributed by atoms with E-state index in [4.69, 9.17) is 0 Å². The summed E-state index contributed by atoms with van der Waals surface area (Å²) in [5, 5.41) is 0. The Balaban J connectivity index is 1.37. The molecule has 4 rings (SSSR count). The molecule has 1 aliphatic heterocycles. The topological polar surface area (TPSA) is 71.4 Å². The molecule has 1 saturated heterocycles. The molecule has 1 aliphatic rings. The van der Waals surface area contributed by atoms with Gasteiger partial charge in [-0.2, -0.15) is 0 Å². The monoisotopic (exact) mass is 437 g/mol. The van der Waals surface area contributed by atoms with Crippen molar-refractivity contribution < 1.29 is 13.2 Å². The number of hydrogen-bond donors (Lipinski definition) is 1. The molecule has 1 aromatic heterocycles. The summed E-state index contributed by atoms with van der Waals surface area (Å²) in [5.74, 6) is -0.0186. The van der Waals surface area contributed by atoms with Gasteiger partial charge in [0.1, 0.15) is 0 Å². The van der Waals surface area contributed by atoms with Gasteiger partial charge >= 0.3 is 0 Å². The maximum atomic E-state index is 12.9. The third-order valence-corrected chi connectivity index (χ3v) is 7.42. The molecule has 0 bridgehead atoms. The summed E-state index contributed by atoms with van der Waals surface area (Å²) in [5.41, 5.74) is 3.29. The lowest BCUT2D eigenvalue weighted by molar-refractivity contribution is 0.0711. The van der Waals surface area contributed by atoms with Gasteiger partial charge in [-0.15, -0.1) is 0 Å². The highest BCUT2D eigenvalue weighted by atomic mass is 32.2. The fourth-order valence-electron chi connectivity index (χ4n) is 3.95. The van der Waals surface area contributed by atoms with Crippen LogP contribution in [0.15, 0.2) is 71.9 Å². The Labute approximate surface area is 183 Å². The highest BCUT2D eigenvalue weighted by Gasteiger charge is 2.28. The summed E-state index contributed by atoms with van der Waals surface area (Å²) < 4.78 is 30.5. The van der Waals surface area contributed by atoms with Crippen LogP contribution < -0.4 is 4.72 Å². The minimum absolute atomic E-state index is 0.0186. The van der Waals surface area contributed by atoms with E-state index in [0.29, 0.717) is 36.4 Å². The first kappa shape index (κ1) is 21.3. The molecule has 1 N–H and O–H groups in total. The van der Waals surface area contributed by atoms with Crippen LogP contribution in [0.3, 0.4) is 0 Å². The zero-order chi connectivity index (χ0) is 22.0. The van der Waals surface area contributed by atoms with E-state index >= 15 is 0 Å². The van der Waals surface area contributed by atoms with Gasteiger partial charge in [-0.25, -0.2) is 13.1 Å². The van der Waals surface area contributed by atoms with Gasteiger partial charge in [0.2, 0.25) is 10.0 Å². The molecule has 7 heteroatoms. The summed E-state index contributed by atoms with van der Waals surface area (Å²) in [6, 6.07) is 16.7. The molecular formula is C24H27N3O3S. The summed E-state index contributed by atoms with van der Waals surface area (Å²) in [6.07, 6.45) is 5.11. The van der Waals surface area contributed by atoms with E-state index in [1.165, 1.54) is 0 Å². The quantitative estimate of drug-likeness (QED) is 0.662. The second-order valence-corrected chi connectivity index (χ2v) is 9.78. The molecule has 0 radical (unpaired) electrons. The Hall–Kier alpha value is -2.90. The lowest BCUT2D eigenvalue weighted by Crippen LogP contribution is -2.46. The normalized spacial score (nSPS) is 15.2. The van der Waals surface area contributed by atoms with Crippen LogP contribution in [-0.2, 0) is 10.0 Å². The number of benzene rings is 2. The number of hydrogen-bond acceptors (Lipinski definition) is 3. The first-order chi connectivity index (χ1) is 14.8. The number of aromatic nitrogens is 1. The average molecular weight is 438 g/mol. The average Bonchev–Trinajstić information content (AvgIpc) is 3.30. The first-order valence-electron chi connectivity index (χ1n) is 10.5. The molecule has 1 fully saturated rings. The minimum atomic E-state index is -3.59. The number of sulfonamides is 1. The first-order valence-corrected chi connectivity index (χ1v) is 11.9. The van der Waals surface area contributed by atoms with Crippen molar-refractivity contribution in [1.82, 2.24) is 14.2 Å². The summed E-state index contributed by atoms with van der Waals surface area (Å²) in [4.78, 5) is 15.0. The highest BCUT2D eigenvalue weighted by molar-refractivity contribution is 7.89. The number of nitrogens with zero attached hydrogens (tertiary/aromatic N) is 2. The fourth-order valence-corrected chi connectivity index (χ4v) is 5.58. The van der Waals surface area contributed by atoms with Gasteiger partial charge in [-0.3, -0.25) is 4.79 Å². The van der Waals surface area contributed by atoms with E-state index in [-0.39, 0.29) is 11.9 Å². The van der Waals surface area contributed by atoms with Gasteiger partial charge in [-0.1, -0.05) is 12.1 Å². The van der Waals surface area contributed by atoms with Crippen LogP contribution in [0.2, 0.25) is 0 Å². The number of aryl methyl sites for hydroxylation is 2. The molecule has 0 saturated carbocycles. The largest absolute Gasteiger partial charge is 0.339 e. The van der Waals surface area contributed by atoms with Gasteiger partial charge in [-0.05, 0) is 80.3 Å². The standard InChI is InChI=1S/C24H27N3O3S/c1-18-5-6-19(2)23(17-18)31(29,30)25-21-11-15-27(16-12-21)24(28)20-7-9-22(10-8-20)26-13-3-4-14-26/h3-10,13-14,17,21,25H,11-12,15-16H2,1-2H3. The lowest BCUT2D eigenvalue weighted by Gasteiger charge is -2.32. The molecule has 0 unspecified atom stereocenters. The molecule has 6 nitrogen and oxygen atoms in total. The molecule has 31 heavy (non-hydrogen) atoms. The van der Waals surface area contributed by atoms with Crippen molar-refractivity contribution in [2.75, 3.05) is 13.1 Å². The van der Waals surface area contributed by atoms with E-state index in [2.05, 4.69) is 4.72 Å². The predicted molar refractivity (Wildman–Crippen MR) is 121 cm³/mol. The van der Waals surface area contributed by atoms with Gasteiger partial charge in [0, 0.05) is 42.8 Å². The molecule has 1 amide bonds. The third kappa shape index (κ3) is 4.73. The maximum absolute atomic E-state index is 12.9. The maximum Gasteiger partial charge on any atom is 0.253 e.